The number of carbonyl (C=O) groups excluding carboxylic acids is 1. The van der Waals surface area contributed by atoms with Crippen molar-refractivity contribution in [2.75, 3.05) is 6.61 Å². The third kappa shape index (κ3) is 3.19. The zero-order valence-electron chi connectivity index (χ0n) is 11.6. The van der Waals surface area contributed by atoms with Crippen LogP contribution in [0.5, 0.6) is 0 Å². The Morgan fingerprint density at radius 1 is 1.32 bits per heavy atom. The van der Waals surface area contributed by atoms with Crippen molar-refractivity contribution in [3.05, 3.63) is 30.5 Å². The van der Waals surface area contributed by atoms with Gasteiger partial charge in [0.2, 0.25) is 0 Å². The molecule has 0 spiro atoms. The van der Waals surface area contributed by atoms with Gasteiger partial charge in [0.15, 0.2) is 7.28 Å². The first kappa shape index (κ1) is 13.7. The highest BCUT2D eigenvalue weighted by Gasteiger charge is 2.09. The van der Waals surface area contributed by atoms with E-state index in [0.717, 1.165) is 18.3 Å². The Balaban J connectivity index is 2.25. The molecule has 2 aromatic rings. The highest BCUT2D eigenvalue weighted by molar-refractivity contribution is 6.57. The fourth-order valence-electron chi connectivity index (χ4n) is 2.21. The molecule has 2 rings (SSSR count). The Bertz CT molecular complexity index is 562. The van der Waals surface area contributed by atoms with Crippen LogP contribution in [0.1, 0.15) is 20.3 Å². The summed E-state index contributed by atoms with van der Waals surface area (Å²) in [5.74, 6) is -0.192. The van der Waals surface area contributed by atoms with Gasteiger partial charge >= 0.3 is 5.97 Å². The van der Waals surface area contributed by atoms with Crippen LogP contribution in [0.2, 0.25) is 6.32 Å². The predicted octanol–water partition coefficient (Wildman–Crippen LogP) is 2.36. The molecule has 0 atom stereocenters. The fraction of sp³-hybridized carbons (Fsp3) is 0.400. The lowest BCUT2D eigenvalue weighted by molar-refractivity contribution is -0.143. The number of ether oxygens (including phenoxy) is 1. The quantitative estimate of drug-likeness (QED) is 0.586. The second-order valence-corrected chi connectivity index (χ2v) is 4.52. The standard InChI is InChI=1S/C15H19BNO2/c1-3-9-16-13-6-5-7-14-12(13)8-10-17(14)11-15(18)19-4-2/h5-8,10H,3-4,9,11H2,1-2H3. The molecule has 1 heterocycles. The summed E-state index contributed by atoms with van der Waals surface area (Å²) in [7, 11) is 2.25. The molecule has 1 aromatic carbocycles. The summed E-state index contributed by atoms with van der Waals surface area (Å²) in [5.41, 5.74) is 2.32. The minimum atomic E-state index is -0.192. The number of nitrogens with zero attached hydrogens (tertiary/aromatic N) is 1. The molecule has 1 aromatic heterocycles. The van der Waals surface area contributed by atoms with Gasteiger partial charge in [-0.2, -0.15) is 0 Å². The molecule has 99 valence electrons. The van der Waals surface area contributed by atoms with Gasteiger partial charge in [0, 0.05) is 11.7 Å². The van der Waals surface area contributed by atoms with Crippen molar-refractivity contribution in [1.29, 1.82) is 0 Å². The Hall–Kier alpha value is -1.71. The number of hydrogen-bond donors (Lipinski definition) is 0. The van der Waals surface area contributed by atoms with E-state index in [0.29, 0.717) is 6.61 Å². The van der Waals surface area contributed by atoms with Gasteiger partial charge in [-0.1, -0.05) is 37.3 Å². The van der Waals surface area contributed by atoms with E-state index in [1.54, 1.807) is 0 Å². The van der Waals surface area contributed by atoms with Crippen LogP contribution in [0.4, 0.5) is 0 Å². The van der Waals surface area contributed by atoms with Gasteiger partial charge in [0.1, 0.15) is 6.54 Å². The van der Waals surface area contributed by atoms with Crippen LogP contribution in [0.15, 0.2) is 30.5 Å². The van der Waals surface area contributed by atoms with E-state index in [4.69, 9.17) is 4.74 Å². The molecule has 0 aliphatic rings. The average molecular weight is 256 g/mol. The fourth-order valence-corrected chi connectivity index (χ4v) is 2.21. The van der Waals surface area contributed by atoms with Crippen molar-refractivity contribution >= 4 is 29.6 Å². The Kier molecular flexibility index (Phi) is 4.66. The maximum atomic E-state index is 11.6. The lowest BCUT2D eigenvalue weighted by Gasteiger charge is -2.06. The van der Waals surface area contributed by atoms with Gasteiger partial charge in [-0.3, -0.25) is 4.79 Å². The summed E-state index contributed by atoms with van der Waals surface area (Å²) in [4.78, 5) is 11.6. The van der Waals surface area contributed by atoms with Crippen LogP contribution in [0.3, 0.4) is 0 Å². The first-order valence-electron chi connectivity index (χ1n) is 6.83. The van der Waals surface area contributed by atoms with Gasteiger partial charge in [0.25, 0.3) is 0 Å². The van der Waals surface area contributed by atoms with Crippen LogP contribution in [-0.2, 0) is 16.1 Å². The smallest absolute Gasteiger partial charge is 0.325 e. The zero-order chi connectivity index (χ0) is 13.7. The number of hydrogen-bond acceptors (Lipinski definition) is 2. The van der Waals surface area contributed by atoms with Crippen LogP contribution in [-0.4, -0.2) is 24.4 Å². The second kappa shape index (κ2) is 6.46. The molecule has 19 heavy (non-hydrogen) atoms. The van der Waals surface area contributed by atoms with E-state index < -0.39 is 0 Å². The second-order valence-electron chi connectivity index (χ2n) is 4.52. The summed E-state index contributed by atoms with van der Waals surface area (Å²) in [6.45, 7) is 4.69. The van der Waals surface area contributed by atoms with Crippen molar-refractivity contribution < 1.29 is 9.53 Å². The molecule has 0 N–H and O–H groups in total. The first-order chi connectivity index (χ1) is 9.26. The maximum absolute atomic E-state index is 11.6. The molecular formula is C15H19BNO2. The third-order valence-electron chi connectivity index (χ3n) is 3.11. The topological polar surface area (TPSA) is 31.2 Å². The number of benzene rings is 1. The van der Waals surface area contributed by atoms with Crippen molar-refractivity contribution in [3.8, 4) is 0 Å². The largest absolute Gasteiger partial charge is 0.465 e. The monoisotopic (exact) mass is 256 g/mol. The Morgan fingerprint density at radius 3 is 2.89 bits per heavy atom. The average Bonchev–Trinajstić information content (AvgIpc) is 2.80. The van der Waals surface area contributed by atoms with Gasteiger partial charge in [-0.15, -0.1) is 0 Å². The summed E-state index contributed by atoms with van der Waals surface area (Å²) in [6, 6.07) is 8.26. The van der Waals surface area contributed by atoms with Crippen LogP contribution in [0.25, 0.3) is 10.9 Å². The Labute approximate surface area is 114 Å². The normalized spacial score (nSPS) is 10.6. The molecule has 0 unspecified atom stereocenters. The third-order valence-corrected chi connectivity index (χ3v) is 3.11. The van der Waals surface area contributed by atoms with E-state index in [1.165, 1.54) is 10.8 Å². The van der Waals surface area contributed by atoms with E-state index in [2.05, 4.69) is 26.3 Å². The molecule has 0 bridgehead atoms. The van der Waals surface area contributed by atoms with E-state index in [1.807, 2.05) is 29.8 Å². The van der Waals surface area contributed by atoms with Gasteiger partial charge < -0.3 is 9.30 Å². The molecule has 0 amide bonds. The van der Waals surface area contributed by atoms with Gasteiger partial charge in [-0.05, 0) is 24.4 Å². The molecule has 0 fully saturated rings. The highest BCUT2D eigenvalue weighted by Crippen LogP contribution is 2.14. The van der Waals surface area contributed by atoms with Crippen molar-refractivity contribution in [1.82, 2.24) is 4.57 Å². The lowest BCUT2D eigenvalue weighted by atomic mass is 9.65. The van der Waals surface area contributed by atoms with Crippen LogP contribution >= 0.6 is 0 Å². The number of rotatable bonds is 6. The molecule has 0 aliphatic heterocycles. The maximum Gasteiger partial charge on any atom is 0.325 e. The summed E-state index contributed by atoms with van der Waals surface area (Å²) >= 11 is 0. The molecule has 0 saturated heterocycles. The molecule has 0 saturated carbocycles. The number of fused-ring (bicyclic) bond motifs is 1. The summed E-state index contributed by atoms with van der Waals surface area (Å²) < 4.78 is 6.93. The minimum absolute atomic E-state index is 0.192. The van der Waals surface area contributed by atoms with E-state index >= 15 is 0 Å². The number of aromatic nitrogens is 1. The first-order valence-corrected chi connectivity index (χ1v) is 6.83. The highest BCUT2D eigenvalue weighted by atomic mass is 16.5. The lowest BCUT2D eigenvalue weighted by Crippen LogP contribution is -2.15. The molecule has 4 heteroatoms. The molecule has 1 radical (unpaired) electrons. The van der Waals surface area contributed by atoms with Crippen molar-refractivity contribution in [3.63, 3.8) is 0 Å². The van der Waals surface area contributed by atoms with Crippen LogP contribution < -0.4 is 5.46 Å². The zero-order valence-corrected chi connectivity index (χ0v) is 11.6. The van der Waals surface area contributed by atoms with E-state index in [9.17, 15) is 4.79 Å². The van der Waals surface area contributed by atoms with Gasteiger partial charge in [-0.25, -0.2) is 0 Å². The van der Waals surface area contributed by atoms with E-state index in [-0.39, 0.29) is 12.5 Å². The number of esters is 1. The number of carbonyl (C=O) groups is 1. The molecular weight excluding hydrogens is 237 g/mol. The summed E-state index contributed by atoms with van der Waals surface area (Å²) in [6.07, 6.45) is 4.16. The summed E-state index contributed by atoms with van der Waals surface area (Å²) in [5, 5.41) is 1.19. The minimum Gasteiger partial charge on any atom is -0.465 e. The van der Waals surface area contributed by atoms with Crippen molar-refractivity contribution in [2.24, 2.45) is 0 Å². The molecule has 0 aliphatic carbocycles. The Morgan fingerprint density at radius 2 is 2.16 bits per heavy atom. The van der Waals surface area contributed by atoms with Crippen LogP contribution in [0, 0.1) is 0 Å². The van der Waals surface area contributed by atoms with Gasteiger partial charge in [0.05, 0.1) is 6.61 Å². The SMILES string of the molecule is CCC[B]c1cccc2c1ccn2CC(=O)OCC. The predicted molar refractivity (Wildman–Crippen MR) is 79.1 cm³/mol. The van der Waals surface area contributed by atoms with Crippen molar-refractivity contribution in [2.45, 2.75) is 33.1 Å². The molecule has 3 nitrogen and oxygen atoms in total.